The molecule has 1 aromatic carbocycles. The summed E-state index contributed by atoms with van der Waals surface area (Å²) in [5, 5.41) is 0. The van der Waals surface area contributed by atoms with Crippen molar-refractivity contribution in [2.24, 2.45) is 0 Å². The summed E-state index contributed by atoms with van der Waals surface area (Å²) in [7, 11) is 2.17. The lowest BCUT2D eigenvalue weighted by atomic mass is 9.92. The van der Waals surface area contributed by atoms with E-state index in [2.05, 4.69) is 60.5 Å². The van der Waals surface area contributed by atoms with Gasteiger partial charge in [-0.2, -0.15) is 0 Å². The number of nitrogens with zero attached hydrogens (tertiary/aromatic N) is 1. The van der Waals surface area contributed by atoms with E-state index in [1.165, 1.54) is 11.3 Å². The molecule has 98 valence electrons. The van der Waals surface area contributed by atoms with Crippen LogP contribution in [0.1, 0.15) is 39.2 Å². The normalized spacial score (nSPS) is 22.2. The second-order valence-corrected chi connectivity index (χ2v) is 3.96. The lowest BCUT2D eigenvalue weighted by Gasteiger charge is -2.23. The van der Waals surface area contributed by atoms with Crippen LogP contribution >= 0.6 is 0 Å². The van der Waals surface area contributed by atoms with Crippen LogP contribution in [0.25, 0.3) is 0 Å². The van der Waals surface area contributed by atoms with Gasteiger partial charge in [0.25, 0.3) is 0 Å². The number of benzene rings is 1. The van der Waals surface area contributed by atoms with E-state index < -0.39 is 0 Å². The van der Waals surface area contributed by atoms with Crippen LogP contribution in [0.3, 0.4) is 0 Å². The van der Waals surface area contributed by atoms with Crippen molar-refractivity contribution < 1.29 is 0 Å². The van der Waals surface area contributed by atoms with Crippen molar-refractivity contribution in [1.29, 1.82) is 0 Å². The molecular formula is C17H25N. The van der Waals surface area contributed by atoms with Gasteiger partial charge in [0.15, 0.2) is 0 Å². The van der Waals surface area contributed by atoms with Crippen molar-refractivity contribution in [2.75, 3.05) is 11.9 Å². The average molecular weight is 243 g/mol. The van der Waals surface area contributed by atoms with Gasteiger partial charge in [-0.15, -0.1) is 0 Å². The smallest absolute Gasteiger partial charge is 0.0577 e. The predicted molar refractivity (Wildman–Crippen MR) is 82.4 cm³/mol. The maximum absolute atomic E-state index is 2.36. The number of hydrogen-bond acceptors (Lipinski definition) is 1. The summed E-state index contributed by atoms with van der Waals surface area (Å²) >= 11 is 0. The molecule has 0 bridgehead atoms. The van der Waals surface area contributed by atoms with E-state index in [1.54, 1.807) is 0 Å². The Morgan fingerprint density at radius 1 is 0.889 bits per heavy atom. The van der Waals surface area contributed by atoms with E-state index in [0.29, 0.717) is 12.0 Å². The number of anilines is 1. The van der Waals surface area contributed by atoms with Crippen molar-refractivity contribution in [3.05, 3.63) is 54.1 Å². The van der Waals surface area contributed by atoms with Gasteiger partial charge < -0.3 is 4.90 Å². The number of para-hydroxylation sites is 1. The lowest BCUT2D eigenvalue weighted by Crippen LogP contribution is -2.28. The molecule has 18 heavy (non-hydrogen) atoms. The zero-order valence-electron chi connectivity index (χ0n) is 12.2. The molecule has 0 radical (unpaired) electrons. The summed E-state index contributed by atoms with van der Waals surface area (Å²) < 4.78 is 0. The number of fused-ring (bicyclic) bond motifs is 3. The fourth-order valence-corrected chi connectivity index (χ4v) is 2.50. The third kappa shape index (κ3) is 2.50. The Labute approximate surface area is 112 Å². The minimum absolute atomic E-state index is 0.525. The largest absolute Gasteiger partial charge is 0.367 e. The van der Waals surface area contributed by atoms with Crippen molar-refractivity contribution in [3.63, 3.8) is 0 Å². The van der Waals surface area contributed by atoms with Gasteiger partial charge in [0.05, 0.1) is 6.04 Å². The first-order valence-corrected chi connectivity index (χ1v) is 7.05. The highest BCUT2D eigenvalue weighted by Crippen LogP contribution is 2.42. The first-order valence-electron chi connectivity index (χ1n) is 7.05. The minimum Gasteiger partial charge on any atom is -0.367 e. The summed E-state index contributed by atoms with van der Waals surface area (Å²) in [4.78, 5) is 2.36. The van der Waals surface area contributed by atoms with Crippen LogP contribution in [0.15, 0.2) is 48.6 Å². The Kier molecular flexibility index (Phi) is 5.70. The molecule has 2 atom stereocenters. The van der Waals surface area contributed by atoms with Crippen LogP contribution in [-0.2, 0) is 0 Å². The maximum Gasteiger partial charge on any atom is 0.0577 e. The number of rotatable bonds is 0. The van der Waals surface area contributed by atoms with Gasteiger partial charge in [0.1, 0.15) is 0 Å². The van der Waals surface area contributed by atoms with Crippen molar-refractivity contribution in [1.82, 2.24) is 0 Å². The molecule has 0 spiro atoms. The molecule has 0 N–H and O–H groups in total. The fourth-order valence-electron chi connectivity index (χ4n) is 2.50. The molecule has 1 heteroatoms. The molecule has 2 unspecified atom stereocenters. The molecule has 1 aromatic rings. The highest BCUT2D eigenvalue weighted by atomic mass is 15.2. The summed E-state index contributed by atoms with van der Waals surface area (Å²) in [5.74, 6) is 0.557. The lowest BCUT2D eigenvalue weighted by molar-refractivity contribution is 0.723. The summed E-state index contributed by atoms with van der Waals surface area (Å²) in [6.07, 6.45) is 8.87. The van der Waals surface area contributed by atoms with E-state index in [0.717, 1.165) is 0 Å². The van der Waals surface area contributed by atoms with Gasteiger partial charge in [-0.1, -0.05) is 70.2 Å². The molecule has 0 amide bonds. The molecule has 0 saturated heterocycles. The Morgan fingerprint density at radius 2 is 1.50 bits per heavy atom. The third-order valence-corrected chi connectivity index (χ3v) is 3.23. The van der Waals surface area contributed by atoms with Gasteiger partial charge in [-0.25, -0.2) is 0 Å². The number of likely N-dealkylation sites (N-methyl/N-ethyl adjacent to an activating group) is 1. The molecule has 0 aromatic heterocycles. The highest BCUT2D eigenvalue weighted by molar-refractivity contribution is 5.64. The molecule has 1 nitrogen and oxygen atoms in total. The zero-order chi connectivity index (χ0) is 13.5. The molecule has 1 aliphatic heterocycles. The van der Waals surface area contributed by atoms with Crippen LogP contribution in [0, 0.1) is 0 Å². The Morgan fingerprint density at radius 3 is 2.22 bits per heavy atom. The van der Waals surface area contributed by atoms with Crippen LogP contribution in [0.4, 0.5) is 5.69 Å². The highest BCUT2D eigenvalue weighted by Gasteiger charge is 2.33. The Balaban J connectivity index is 0.000000371. The molecular weight excluding hydrogens is 218 g/mol. The third-order valence-electron chi connectivity index (χ3n) is 3.23. The topological polar surface area (TPSA) is 3.24 Å². The van der Waals surface area contributed by atoms with E-state index in [-0.39, 0.29) is 0 Å². The first-order chi connectivity index (χ1) is 8.88. The average Bonchev–Trinajstić information content (AvgIpc) is 2.78. The monoisotopic (exact) mass is 243 g/mol. The molecule has 0 saturated carbocycles. The quantitative estimate of drug-likeness (QED) is 0.634. The molecule has 3 rings (SSSR count). The van der Waals surface area contributed by atoms with Gasteiger partial charge >= 0.3 is 0 Å². The van der Waals surface area contributed by atoms with Crippen LogP contribution in [0.2, 0.25) is 0 Å². The van der Waals surface area contributed by atoms with E-state index >= 15 is 0 Å². The maximum atomic E-state index is 2.36. The SMILES string of the molecule is CC.CC.CN1c2ccccc2C2C=CC=CC21. The van der Waals surface area contributed by atoms with Gasteiger partial charge in [-0.05, 0) is 11.6 Å². The molecule has 1 aliphatic carbocycles. The van der Waals surface area contributed by atoms with E-state index in [1.807, 2.05) is 27.7 Å². The zero-order valence-corrected chi connectivity index (χ0v) is 12.2. The van der Waals surface area contributed by atoms with Gasteiger partial charge in [-0.3, -0.25) is 0 Å². The number of hydrogen-bond donors (Lipinski definition) is 0. The standard InChI is InChI=1S/C13H13N.2C2H6/c1-14-12-8-4-2-6-10(12)11-7-3-5-9-13(11)14;2*1-2/h2-10,12H,1H3;2*1-2H3. The second kappa shape index (κ2) is 7.05. The fraction of sp³-hybridized carbons (Fsp3) is 0.412. The summed E-state index contributed by atoms with van der Waals surface area (Å²) in [6, 6.07) is 9.20. The summed E-state index contributed by atoms with van der Waals surface area (Å²) in [5.41, 5.74) is 2.83. The van der Waals surface area contributed by atoms with E-state index in [9.17, 15) is 0 Å². The second-order valence-electron chi connectivity index (χ2n) is 3.96. The van der Waals surface area contributed by atoms with Crippen LogP contribution in [-0.4, -0.2) is 13.1 Å². The van der Waals surface area contributed by atoms with Crippen molar-refractivity contribution in [3.8, 4) is 0 Å². The molecule has 1 heterocycles. The summed E-state index contributed by atoms with van der Waals surface area (Å²) in [6.45, 7) is 8.00. The molecule has 2 aliphatic rings. The van der Waals surface area contributed by atoms with Crippen molar-refractivity contribution >= 4 is 5.69 Å². The van der Waals surface area contributed by atoms with Crippen LogP contribution in [0.5, 0.6) is 0 Å². The van der Waals surface area contributed by atoms with Gasteiger partial charge in [0, 0.05) is 18.7 Å². The van der Waals surface area contributed by atoms with Crippen molar-refractivity contribution in [2.45, 2.75) is 39.7 Å². The predicted octanol–water partition coefficient (Wildman–Crippen LogP) is 4.77. The minimum atomic E-state index is 0.525. The van der Waals surface area contributed by atoms with Crippen LogP contribution < -0.4 is 4.90 Å². The Bertz CT molecular complexity index is 417. The molecule has 0 fully saturated rings. The Hall–Kier alpha value is -1.50. The first kappa shape index (κ1) is 14.6. The number of allylic oxidation sites excluding steroid dienone is 2. The van der Waals surface area contributed by atoms with Gasteiger partial charge in [0.2, 0.25) is 0 Å². The van der Waals surface area contributed by atoms with E-state index in [4.69, 9.17) is 0 Å².